The topological polar surface area (TPSA) is 6.48 Å². The van der Waals surface area contributed by atoms with Gasteiger partial charge in [0.25, 0.3) is 0 Å². The number of piperidine rings is 1. The van der Waals surface area contributed by atoms with Crippen LogP contribution in [0.15, 0.2) is 35.9 Å². The second-order valence-corrected chi connectivity index (χ2v) is 8.90. The summed E-state index contributed by atoms with van der Waals surface area (Å²) in [6.07, 6.45) is 10.4. The number of rotatable bonds is 9. The van der Waals surface area contributed by atoms with Gasteiger partial charge in [-0.05, 0) is 82.9 Å². The summed E-state index contributed by atoms with van der Waals surface area (Å²) in [6, 6.07) is 8.21. The first kappa shape index (κ1) is 29.2. The number of halogens is 1. The summed E-state index contributed by atoms with van der Waals surface area (Å²) < 4.78 is 0. The summed E-state index contributed by atoms with van der Waals surface area (Å²) in [5, 5.41) is 0.812. The zero-order chi connectivity index (χ0) is 22.8. The third kappa shape index (κ3) is 15.0. The maximum atomic E-state index is 5.94. The third-order valence-electron chi connectivity index (χ3n) is 5.43. The van der Waals surface area contributed by atoms with E-state index >= 15 is 0 Å². The Labute approximate surface area is 193 Å². The molecule has 1 heterocycles. The monoisotopic (exact) mass is 436 g/mol. The molecule has 1 fully saturated rings. The van der Waals surface area contributed by atoms with Gasteiger partial charge in [0.2, 0.25) is 0 Å². The van der Waals surface area contributed by atoms with Crippen molar-refractivity contribution >= 4 is 11.6 Å². The Morgan fingerprint density at radius 3 is 2.17 bits per heavy atom. The third-order valence-corrected chi connectivity index (χ3v) is 5.68. The molecule has 0 spiro atoms. The number of benzene rings is 1. The van der Waals surface area contributed by atoms with Crippen molar-refractivity contribution in [2.75, 3.05) is 33.2 Å². The Morgan fingerprint density at radius 2 is 1.70 bits per heavy atom. The van der Waals surface area contributed by atoms with E-state index in [1.54, 1.807) is 0 Å². The number of allylic oxidation sites excluding steroid dienone is 2. The SMILES string of the molecule is CC.CCC/C(C)=C\CC(C)CN(CC)Cc1ccc(Cl)cc1.CN1CCCCC1. The Hall–Kier alpha value is -0.830. The summed E-state index contributed by atoms with van der Waals surface area (Å²) in [7, 11) is 2.19. The molecule has 174 valence electrons. The minimum atomic E-state index is 0.698. The first-order valence-corrected chi connectivity index (χ1v) is 12.6. The lowest BCUT2D eigenvalue weighted by Crippen LogP contribution is -2.27. The molecule has 3 heteroatoms. The first-order chi connectivity index (χ1) is 14.4. The van der Waals surface area contributed by atoms with Gasteiger partial charge in [0.15, 0.2) is 0 Å². The zero-order valence-corrected chi connectivity index (χ0v) is 21.8. The van der Waals surface area contributed by atoms with Crippen LogP contribution in [0.5, 0.6) is 0 Å². The second-order valence-electron chi connectivity index (χ2n) is 8.46. The smallest absolute Gasteiger partial charge is 0.0406 e. The van der Waals surface area contributed by atoms with E-state index in [-0.39, 0.29) is 0 Å². The van der Waals surface area contributed by atoms with Gasteiger partial charge in [-0.1, -0.05) is 82.8 Å². The van der Waals surface area contributed by atoms with E-state index in [1.807, 2.05) is 26.0 Å². The van der Waals surface area contributed by atoms with E-state index in [0.717, 1.165) is 24.7 Å². The van der Waals surface area contributed by atoms with Gasteiger partial charge in [0, 0.05) is 18.1 Å². The molecule has 1 saturated heterocycles. The molecule has 0 amide bonds. The lowest BCUT2D eigenvalue weighted by Gasteiger charge is -2.24. The highest BCUT2D eigenvalue weighted by atomic mass is 35.5. The van der Waals surface area contributed by atoms with Crippen molar-refractivity contribution in [1.82, 2.24) is 9.80 Å². The van der Waals surface area contributed by atoms with Gasteiger partial charge in [-0.2, -0.15) is 0 Å². The molecule has 2 rings (SSSR count). The van der Waals surface area contributed by atoms with E-state index in [0.29, 0.717) is 5.92 Å². The Bertz CT molecular complexity index is 532. The van der Waals surface area contributed by atoms with E-state index in [4.69, 9.17) is 11.6 Å². The van der Waals surface area contributed by atoms with Crippen LogP contribution in [0.2, 0.25) is 5.02 Å². The lowest BCUT2D eigenvalue weighted by atomic mass is 10.0. The minimum Gasteiger partial charge on any atom is -0.306 e. The van der Waals surface area contributed by atoms with Crippen molar-refractivity contribution < 1.29 is 0 Å². The van der Waals surface area contributed by atoms with Gasteiger partial charge in [0.1, 0.15) is 0 Å². The van der Waals surface area contributed by atoms with Crippen LogP contribution in [0.3, 0.4) is 0 Å². The highest BCUT2D eigenvalue weighted by Gasteiger charge is 2.09. The summed E-state index contributed by atoms with van der Waals surface area (Å²) in [6.45, 7) is 19.0. The Balaban J connectivity index is 0.000000775. The molecule has 0 saturated carbocycles. The van der Waals surface area contributed by atoms with Crippen LogP contribution in [0.4, 0.5) is 0 Å². The van der Waals surface area contributed by atoms with Gasteiger partial charge >= 0.3 is 0 Å². The van der Waals surface area contributed by atoms with Crippen molar-refractivity contribution in [2.45, 2.75) is 86.6 Å². The Kier molecular flexibility index (Phi) is 18.4. The molecule has 1 unspecified atom stereocenters. The van der Waals surface area contributed by atoms with Crippen molar-refractivity contribution in [2.24, 2.45) is 5.92 Å². The van der Waals surface area contributed by atoms with Crippen molar-refractivity contribution in [1.29, 1.82) is 0 Å². The van der Waals surface area contributed by atoms with Gasteiger partial charge < -0.3 is 4.90 Å². The first-order valence-electron chi connectivity index (χ1n) is 12.3. The summed E-state index contributed by atoms with van der Waals surface area (Å²) in [5.41, 5.74) is 2.87. The highest BCUT2D eigenvalue weighted by molar-refractivity contribution is 6.30. The minimum absolute atomic E-state index is 0.698. The predicted molar refractivity (Wildman–Crippen MR) is 138 cm³/mol. The molecule has 30 heavy (non-hydrogen) atoms. The van der Waals surface area contributed by atoms with Crippen LogP contribution in [-0.4, -0.2) is 43.0 Å². The summed E-state index contributed by atoms with van der Waals surface area (Å²) in [5.74, 6) is 0.698. The van der Waals surface area contributed by atoms with Crippen LogP contribution in [0.25, 0.3) is 0 Å². The fourth-order valence-electron chi connectivity index (χ4n) is 3.62. The van der Waals surface area contributed by atoms with E-state index in [9.17, 15) is 0 Å². The van der Waals surface area contributed by atoms with Crippen LogP contribution in [-0.2, 0) is 6.54 Å². The standard InChI is InChI=1S/C19H30ClN.C6H13N.C2H6/c1-5-7-16(3)8-9-17(4)14-21(6-2)15-18-10-12-19(20)13-11-18;1-7-5-3-2-4-6-7;1-2/h8,10-13,17H,5-7,9,14-15H2,1-4H3;2-6H2,1H3;1-2H3/b16-8-;;. The molecule has 0 aromatic heterocycles. The number of nitrogens with zero attached hydrogens (tertiary/aromatic N) is 2. The molecular formula is C27H49ClN2. The van der Waals surface area contributed by atoms with Crippen molar-refractivity contribution in [3.63, 3.8) is 0 Å². The van der Waals surface area contributed by atoms with Crippen LogP contribution in [0, 0.1) is 5.92 Å². The van der Waals surface area contributed by atoms with Gasteiger partial charge in [-0.15, -0.1) is 0 Å². The summed E-state index contributed by atoms with van der Waals surface area (Å²) >= 11 is 5.94. The molecule has 1 aromatic rings. The molecule has 1 aliphatic heterocycles. The second kappa shape index (κ2) is 18.9. The molecule has 0 N–H and O–H groups in total. The quantitative estimate of drug-likeness (QED) is 0.361. The molecule has 0 radical (unpaired) electrons. The van der Waals surface area contributed by atoms with Crippen molar-refractivity contribution in [3.8, 4) is 0 Å². The van der Waals surface area contributed by atoms with E-state index in [1.165, 1.54) is 62.8 Å². The normalized spacial score (nSPS) is 15.7. The number of likely N-dealkylation sites (tertiary alicyclic amines) is 1. The average molecular weight is 437 g/mol. The molecule has 2 nitrogen and oxygen atoms in total. The van der Waals surface area contributed by atoms with Crippen LogP contribution >= 0.6 is 11.6 Å². The predicted octanol–water partition coefficient (Wildman–Crippen LogP) is 8.06. The van der Waals surface area contributed by atoms with E-state index < -0.39 is 0 Å². The van der Waals surface area contributed by atoms with Gasteiger partial charge in [0.05, 0.1) is 0 Å². The molecular weight excluding hydrogens is 388 g/mol. The molecule has 1 atom stereocenters. The van der Waals surface area contributed by atoms with Gasteiger partial charge in [-0.3, -0.25) is 4.90 Å². The fourth-order valence-corrected chi connectivity index (χ4v) is 3.75. The Morgan fingerprint density at radius 1 is 1.10 bits per heavy atom. The largest absolute Gasteiger partial charge is 0.306 e. The highest BCUT2D eigenvalue weighted by Crippen LogP contribution is 2.15. The number of hydrogen-bond donors (Lipinski definition) is 0. The summed E-state index contributed by atoms with van der Waals surface area (Å²) in [4.78, 5) is 4.90. The molecule has 0 bridgehead atoms. The maximum absolute atomic E-state index is 5.94. The van der Waals surface area contributed by atoms with Crippen molar-refractivity contribution in [3.05, 3.63) is 46.5 Å². The lowest BCUT2D eigenvalue weighted by molar-refractivity contribution is 0.241. The molecule has 1 aliphatic rings. The molecule has 1 aromatic carbocycles. The molecule has 0 aliphatic carbocycles. The van der Waals surface area contributed by atoms with Crippen LogP contribution < -0.4 is 0 Å². The zero-order valence-electron chi connectivity index (χ0n) is 21.0. The average Bonchev–Trinajstić information content (AvgIpc) is 2.76. The van der Waals surface area contributed by atoms with Crippen LogP contribution in [0.1, 0.15) is 85.6 Å². The van der Waals surface area contributed by atoms with Gasteiger partial charge in [-0.25, -0.2) is 0 Å². The number of hydrogen-bond acceptors (Lipinski definition) is 2. The van der Waals surface area contributed by atoms with E-state index in [2.05, 4.69) is 62.8 Å². The maximum Gasteiger partial charge on any atom is 0.0406 e. The fraction of sp³-hybridized carbons (Fsp3) is 0.704.